The van der Waals surface area contributed by atoms with Crippen LogP contribution in [0.4, 0.5) is 0 Å². The predicted molar refractivity (Wildman–Crippen MR) is 148 cm³/mol. The van der Waals surface area contributed by atoms with Gasteiger partial charge in [0.05, 0.1) is 11.0 Å². The molecule has 36 heavy (non-hydrogen) atoms. The zero-order valence-corrected chi connectivity index (χ0v) is 22.6. The van der Waals surface area contributed by atoms with E-state index >= 15 is 0 Å². The summed E-state index contributed by atoms with van der Waals surface area (Å²) in [6.45, 7) is 4.38. The molecule has 0 N–H and O–H groups in total. The SMILES string of the molecule is CCCCCCCCCCc1ccc(C2(C(=O)Oc3ccc(CCC)cc3C#N)CCCCC2)cc1. The van der Waals surface area contributed by atoms with Crippen LogP contribution in [0.25, 0.3) is 0 Å². The second-order valence-corrected chi connectivity index (χ2v) is 10.6. The lowest BCUT2D eigenvalue weighted by atomic mass is 9.69. The number of nitriles is 1. The van der Waals surface area contributed by atoms with Gasteiger partial charge >= 0.3 is 5.97 Å². The van der Waals surface area contributed by atoms with Crippen molar-refractivity contribution in [3.05, 3.63) is 64.7 Å². The van der Waals surface area contributed by atoms with Gasteiger partial charge in [-0.25, -0.2) is 0 Å². The van der Waals surface area contributed by atoms with Crippen LogP contribution in [0, 0.1) is 11.3 Å². The molecule has 0 aromatic heterocycles. The van der Waals surface area contributed by atoms with E-state index in [1.54, 1.807) is 6.07 Å². The van der Waals surface area contributed by atoms with Gasteiger partial charge in [0.2, 0.25) is 0 Å². The average molecular weight is 488 g/mol. The zero-order chi connectivity index (χ0) is 25.6. The van der Waals surface area contributed by atoms with Crippen molar-refractivity contribution in [3.8, 4) is 11.8 Å². The van der Waals surface area contributed by atoms with Gasteiger partial charge < -0.3 is 4.74 Å². The molecule has 0 spiro atoms. The summed E-state index contributed by atoms with van der Waals surface area (Å²) in [7, 11) is 0. The lowest BCUT2D eigenvalue weighted by Gasteiger charge is -2.35. The van der Waals surface area contributed by atoms with Crippen LogP contribution in [0.1, 0.15) is 126 Å². The highest BCUT2D eigenvalue weighted by molar-refractivity contribution is 5.85. The first-order chi connectivity index (χ1) is 17.6. The molecule has 2 aromatic rings. The van der Waals surface area contributed by atoms with Gasteiger partial charge in [0.1, 0.15) is 11.8 Å². The van der Waals surface area contributed by atoms with E-state index in [0.717, 1.165) is 62.5 Å². The number of carbonyl (C=O) groups is 1. The second-order valence-electron chi connectivity index (χ2n) is 10.6. The molecule has 0 bridgehead atoms. The van der Waals surface area contributed by atoms with Crippen molar-refractivity contribution in [2.75, 3.05) is 0 Å². The summed E-state index contributed by atoms with van der Waals surface area (Å²) in [6, 6.07) is 16.6. The third-order valence-corrected chi connectivity index (χ3v) is 7.83. The lowest BCUT2D eigenvalue weighted by Crippen LogP contribution is -2.41. The van der Waals surface area contributed by atoms with Crippen molar-refractivity contribution in [1.29, 1.82) is 5.26 Å². The van der Waals surface area contributed by atoms with Crippen LogP contribution in [0.5, 0.6) is 5.75 Å². The van der Waals surface area contributed by atoms with Gasteiger partial charge in [-0.05, 0) is 60.9 Å². The Kier molecular flexibility index (Phi) is 11.5. The van der Waals surface area contributed by atoms with E-state index in [0.29, 0.717) is 11.3 Å². The number of hydrogen-bond acceptors (Lipinski definition) is 3. The zero-order valence-electron chi connectivity index (χ0n) is 22.6. The maximum Gasteiger partial charge on any atom is 0.321 e. The molecule has 3 heteroatoms. The van der Waals surface area contributed by atoms with Gasteiger partial charge in [0.25, 0.3) is 0 Å². The smallest absolute Gasteiger partial charge is 0.321 e. The summed E-state index contributed by atoms with van der Waals surface area (Å²) < 4.78 is 5.96. The minimum absolute atomic E-state index is 0.210. The quantitative estimate of drug-likeness (QED) is 0.152. The molecule has 1 aliphatic carbocycles. The molecule has 0 heterocycles. The summed E-state index contributed by atoms with van der Waals surface area (Å²) >= 11 is 0. The third kappa shape index (κ3) is 7.70. The second kappa shape index (κ2) is 14.8. The highest BCUT2D eigenvalue weighted by Crippen LogP contribution is 2.41. The lowest BCUT2D eigenvalue weighted by molar-refractivity contribution is -0.142. The Bertz CT molecular complexity index is 980. The van der Waals surface area contributed by atoms with E-state index in [9.17, 15) is 10.1 Å². The molecule has 1 aliphatic rings. The van der Waals surface area contributed by atoms with Crippen molar-refractivity contribution in [3.63, 3.8) is 0 Å². The number of hydrogen-bond donors (Lipinski definition) is 0. The number of esters is 1. The molecular formula is C33H45NO2. The van der Waals surface area contributed by atoms with Gasteiger partial charge in [-0.15, -0.1) is 0 Å². The Labute approximate surface area is 219 Å². The maximum absolute atomic E-state index is 13.7. The number of ether oxygens (including phenoxy) is 1. The summed E-state index contributed by atoms with van der Waals surface area (Å²) in [5, 5.41) is 9.66. The van der Waals surface area contributed by atoms with Crippen LogP contribution < -0.4 is 4.74 Å². The largest absolute Gasteiger partial charge is 0.424 e. The molecule has 0 unspecified atom stereocenters. The number of nitrogens with zero attached hydrogens (tertiary/aromatic N) is 1. The van der Waals surface area contributed by atoms with Crippen molar-refractivity contribution < 1.29 is 9.53 Å². The molecule has 3 nitrogen and oxygen atoms in total. The first kappa shape index (κ1) is 28.0. The van der Waals surface area contributed by atoms with Crippen LogP contribution in [0.15, 0.2) is 42.5 Å². The van der Waals surface area contributed by atoms with Gasteiger partial charge in [-0.3, -0.25) is 4.79 Å². The van der Waals surface area contributed by atoms with E-state index in [-0.39, 0.29) is 5.97 Å². The summed E-state index contributed by atoms with van der Waals surface area (Å²) in [6.07, 6.45) is 18.5. The fourth-order valence-corrected chi connectivity index (χ4v) is 5.61. The first-order valence-corrected chi connectivity index (χ1v) is 14.5. The Hall–Kier alpha value is -2.60. The van der Waals surface area contributed by atoms with E-state index in [1.165, 1.54) is 56.9 Å². The van der Waals surface area contributed by atoms with E-state index in [1.807, 2.05) is 12.1 Å². The number of carbonyl (C=O) groups excluding carboxylic acids is 1. The van der Waals surface area contributed by atoms with Crippen molar-refractivity contribution in [2.24, 2.45) is 0 Å². The number of benzene rings is 2. The highest BCUT2D eigenvalue weighted by Gasteiger charge is 2.43. The van der Waals surface area contributed by atoms with Gasteiger partial charge in [0.15, 0.2) is 0 Å². The maximum atomic E-state index is 13.7. The fraction of sp³-hybridized carbons (Fsp3) is 0.576. The predicted octanol–water partition coefficient (Wildman–Crippen LogP) is 9.00. The molecular weight excluding hydrogens is 442 g/mol. The van der Waals surface area contributed by atoms with Crippen LogP contribution >= 0.6 is 0 Å². The molecule has 1 saturated carbocycles. The third-order valence-electron chi connectivity index (χ3n) is 7.83. The molecule has 194 valence electrons. The first-order valence-electron chi connectivity index (χ1n) is 14.5. The Morgan fingerprint density at radius 3 is 2.08 bits per heavy atom. The molecule has 0 amide bonds. The minimum atomic E-state index is -0.621. The average Bonchev–Trinajstić information content (AvgIpc) is 2.92. The Morgan fingerprint density at radius 2 is 1.44 bits per heavy atom. The summed E-state index contributed by atoms with van der Waals surface area (Å²) in [5.74, 6) is 0.177. The van der Waals surface area contributed by atoms with E-state index in [2.05, 4.69) is 44.2 Å². The Balaban J connectivity index is 1.64. The standard InChI is InChI=1S/C33H45NO2/c1-3-5-6-7-8-9-10-12-16-27-17-20-30(21-18-27)33(23-13-11-14-24-33)32(35)36-31-22-19-28(15-4-2)25-29(31)26-34/h17-22,25H,3-16,23-24H2,1-2H3. The normalized spacial score (nSPS) is 14.8. The summed E-state index contributed by atoms with van der Waals surface area (Å²) in [4.78, 5) is 13.7. The van der Waals surface area contributed by atoms with Crippen LogP contribution in [-0.4, -0.2) is 5.97 Å². The van der Waals surface area contributed by atoms with Crippen LogP contribution in [-0.2, 0) is 23.1 Å². The van der Waals surface area contributed by atoms with Crippen LogP contribution in [0.3, 0.4) is 0 Å². The molecule has 0 radical (unpaired) electrons. The fourth-order valence-electron chi connectivity index (χ4n) is 5.61. The number of aryl methyl sites for hydroxylation is 2. The molecule has 0 saturated heterocycles. The van der Waals surface area contributed by atoms with Crippen LogP contribution in [0.2, 0.25) is 0 Å². The molecule has 1 fully saturated rings. The number of rotatable bonds is 14. The van der Waals surface area contributed by atoms with Crippen molar-refractivity contribution >= 4 is 5.97 Å². The molecule has 0 aliphatic heterocycles. The number of unbranched alkanes of at least 4 members (excludes halogenated alkanes) is 7. The van der Waals surface area contributed by atoms with Gasteiger partial charge in [-0.1, -0.05) is 115 Å². The van der Waals surface area contributed by atoms with E-state index in [4.69, 9.17) is 4.74 Å². The summed E-state index contributed by atoms with van der Waals surface area (Å²) in [5.41, 5.74) is 3.34. The Morgan fingerprint density at radius 1 is 0.806 bits per heavy atom. The molecule has 0 atom stereocenters. The van der Waals surface area contributed by atoms with E-state index < -0.39 is 5.41 Å². The highest BCUT2D eigenvalue weighted by atomic mass is 16.5. The molecule has 3 rings (SSSR count). The molecule has 2 aromatic carbocycles. The van der Waals surface area contributed by atoms with Gasteiger partial charge in [0, 0.05) is 0 Å². The van der Waals surface area contributed by atoms with Crippen molar-refractivity contribution in [1.82, 2.24) is 0 Å². The topological polar surface area (TPSA) is 50.1 Å². The monoisotopic (exact) mass is 487 g/mol. The van der Waals surface area contributed by atoms with Gasteiger partial charge in [-0.2, -0.15) is 5.26 Å². The minimum Gasteiger partial charge on any atom is -0.424 e. The van der Waals surface area contributed by atoms with Crippen molar-refractivity contribution in [2.45, 2.75) is 122 Å².